The minimum atomic E-state index is -0.639. The van der Waals surface area contributed by atoms with Gasteiger partial charge >= 0.3 is 0 Å². The zero-order valence-corrected chi connectivity index (χ0v) is 10.6. The van der Waals surface area contributed by atoms with Gasteiger partial charge in [0.25, 0.3) is 0 Å². The summed E-state index contributed by atoms with van der Waals surface area (Å²) < 4.78 is 27.8. The summed E-state index contributed by atoms with van der Waals surface area (Å²) in [6, 6.07) is 5.61. The number of pyridine rings is 1. The topological polar surface area (TPSA) is 38.9 Å². The first-order valence-electron chi connectivity index (χ1n) is 4.87. The summed E-state index contributed by atoms with van der Waals surface area (Å²) in [5.74, 6) is -0.942. The average Bonchev–Trinajstić information content (AvgIpc) is 2.27. The molecule has 5 heteroatoms. The van der Waals surface area contributed by atoms with Crippen molar-refractivity contribution in [2.24, 2.45) is 0 Å². The number of anilines is 1. The molecule has 0 radical (unpaired) electrons. The van der Waals surface area contributed by atoms with E-state index in [9.17, 15) is 8.78 Å². The van der Waals surface area contributed by atoms with Gasteiger partial charge in [-0.3, -0.25) is 0 Å². The van der Waals surface area contributed by atoms with Gasteiger partial charge in [-0.2, -0.15) is 0 Å². The number of aromatic nitrogens is 1. The minimum Gasteiger partial charge on any atom is -0.384 e. The van der Waals surface area contributed by atoms with Crippen LogP contribution in [-0.4, -0.2) is 4.98 Å². The largest absolute Gasteiger partial charge is 0.384 e. The molecule has 1 aromatic carbocycles. The third kappa shape index (κ3) is 2.15. The number of aryl methyl sites for hydroxylation is 1. The highest BCUT2D eigenvalue weighted by Gasteiger charge is 2.16. The molecule has 0 saturated heterocycles. The smallest absolute Gasteiger partial charge is 0.148 e. The van der Waals surface area contributed by atoms with Crippen LogP contribution in [0.25, 0.3) is 11.1 Å². The van der Waals surface area contributed by atoms with Crippen molar-refractivity contribution < 1.29 is 8.78 Å². The standard InChI is InChI=1S/C12H9BrF2N2/c1-6-7(2-5-10(16)17-6)11-9(14)4-3-8(13)12(11)15/h2-5H,1H3,(H2,16,17). The average molecular weight is 299 g/mol. The Morgan fingerprint density at radius 1 is 1.18 bits per heavy atom. The fourth-order valence-corrected chi connectivity index (χ4v) is 1.95. The van der Waals surface area contributed by atoms with Crippen molar-refractivity contribution in [3.05, 3.63) is 46.1 Å². The van der Waals surface area contributed by atoms with Crippen molar-refractivity contribution >= 4 is 21.7 Å². The molecule has 0 aliphatic rings. The van der Waals surface area contributed by atoms with Crippen LogP contribution in [0.1, 0.15) is 5.69 Å². The van der Waals surface area contributed by atoms with E-state index < -0.39 is 11.6 Å². The highest BCUT2D eigenvalue weighted by Crippen LogP contribution is 2.32. The Labute approximate surface area is 106 Å². The Bertz CT molecular complexity index is 585. The Balaban J connectivity index is 2.72. The molecule has 1 aromatic heterocycles. The summed E-state index contributed by atoms with van der Waals surface area (Å²) in [6.45, 7) is 1.66. The minimum absolute atomic E-state index is 0.0932. The third-order valence-corrected chi connectivity index (χ3v) is 3.03. The summed E-state index contributed by atoms with van der Waals surface area (Å²) >= 11 is 3.03. The molecule has 88 valence electrons. The SMILES string of the molecule is Cc1nc(N)ccc1-c1c(F)ccc(Br)c1F. The van der Waals surface area contributed by atoms with E-state index >= 15 is 0 Å². The van der Waals surface area contributed by atoms with Crippen LogP contribution in [0.15, 0.2) is 28.7 Å². The van der Waals surface area contributed by atoms with Crippen LogP contribution < -0.4 is 5.73 Å². The maximum atomic E-state index is 13.9. The lowest BCUT2D eigenvalue weighted by molar-refractivity contribution is 0.585. The van der Waals surface area contributed by atoms with Crippen LogP contribution >= 0.6 is 15.9 Å². The first kappa shape index (κ1) is 12.0. The molecule has 0 spiro atoms. The van der Waals surface area contributed by atoms with Gasteiger partial charge in [0, 0.05) is 11.3 Å². The molecule has 0 saturated carbocycles. The van der Waals surface area contributed by atoms with Crippen LogP contribution in [-0.2, 0) is 0 Å². The monoisotopic (exact) mass is 298 g/mol. The molecule has 0 unspecified atom stereocenters. The van der Waals surface area contributed by atoms with Gasteiger partial charge in [-0.1, -0.05) is 0 Å². The molecular weight excluding hydrogens is 290 g/mol. The second-order valence-electron chi connectivity index (χ2n) is 3.59. The maximum Gasteiger partial charge on any atom is 0.148 e. The number of nitrogens with two attached hydrogens (primary N) is 1. The van der Waals surface area contributed by atoms with E-state index in [0.717, 1.165) is 0 Å². The number of nitrogen functional groups attached to an aromatic ring is 1. The van der Waals surface area contributed by atoms with E-state index in [0.29, 0.717) is 17.1 Å². The molecule has 17 heavy (non-hydrogen) atoms. The number of benzene rings is 1. The van der Waals surface area contributed by atoms with E-state index in [-0.39, 0.29) is 10.0 Å². The lowest BCUT2D eigenvalue weighted by atomic mass is 10.0. The quantitative estimate of drug-likeness (QED) is 0.816. The molecule has 0 aliphatic carbocycles. The van der Waals surface area contributed by atoms with Crippen molar-refractivity contribution in [2.75, 3.05) is 5.73 Å². The molecule has 0 fully saturated rings. The molecule has 2 rings (SSSR count). The second kappa shape index (κ2) is 4.41. The van der Waals surface area contributed by atoms with E-state index in [1.165, 1.54) is 18.2 Å². The summed E-state index contributed by atoms with van der Waals surface area (Å²) in [7, 11) is 0. The molecule has 1 heterocycles. The Kier molecular flexibility index (Phi) is 3.11. The lowest BCUT2D eigenvalue weighted by Crippen LogP contribution is -1.98. The van der Waals surface area contributed by atoms with Gasteiger partial charge in [0.05, 0.1) is 10.0 Å². The normalized spacial score (nSPS) is 10.6. The highest BCUT2D eigenvalue weighted by molar-refractivity contribution is 9.10. The molecule has 0 bridgehead atoms. The zero-order chi connectivity index (χ0) is 12.6. The predicted molar refractivity (Wildman–Crippen MR) is 66.4 cm³/mol. The van der Waals surface area contributed by atoms with Gasteiger partial charge in [0.1, 0.15) is 17.5 Å². The molecule has 0 aliphatic heterocycles. The first-order chi connectivity index (χ1) is 8.00. The van der Waals surface area contributed by atoms with E-state index in [1.807, 2.05) is 0 Å². The first-order valence-corrected chi connectivity index (χ1v) is 5.67. The number of rotatable bonds is 1. The van der Waals surface area contributed by atoms with Crippen LogP contribution in [0, 0.1) is 18.6 Å². The Hall–Kier alpha value is -1.49. The predicted octanol–water partition coefficient (Wildman–Crippen LogP) is 3.68. The van der Waals surface area contributed by atoms with E-state index in [4.69, 9.17) is 5.73 Å². The number of hydrogen-bond acceptors (Lipinski definition) is 2. The van der Waals surface area contributed by atoms with Gasteiger partial charge in [-0.25, -0.2) is 13.8 Å². The van der Waals surface area contributed by atoms with E-state index in [1.54, 1.807) is 13.0 Å². The molecule has 2 nitrogen and oxygen atoms in total. The third-order valence-electron chi connectivity index (χ3n) is 2.42. The summed E-state index contributed by atoms with van der Waals surface area (Å²) in [5.41, 5.74) is 6.30. The Morgan fingerprint density at radius 3 is 2.53 bits per heavy atom. The van der Waals surface area contributed by atoms with Crippen molar-refractivity contribution in [3.8, 4) is 11.1 Å². The van der Waals surface area contributed by atoms with Gasteiger partial charge in [0.2, 0.25) is 0 Å². The zero-order valence-electron chi connectivity index (χ0n) is 8.97. The van der Waals surface area contributed by atoms with Gasteiger partial charge in [-0.15, -0.1) is 0 Å². The highest BCUT2D eigenvalue weighted by atomic mass is 79.9. The molecular formula is C12H9BrF2N2. The van der Waals surface area contributed by atoms with Crippen LogP contribution in [0.5, 0.6) is 0 Å². The molecule has 2 N–H and O–H groups in total. The fourth-order valence-electron chi connectivity index (χ4n) is 1.62. The number of halogens is 3. The van der Waals surface area contributed by atoms with Crippen LogP contribution in [0.4, 0.5) is 14.6 Å². The summed E-state index contributed by atoms with van der Waals surface area (Å²) in [5, 5.41) is 0. The molecule has 0 amide bonds. The fraction of sp³-hybridized carbons (Fsp3) is 0.0833. The van der Waals surface area contributed by atoms with Gasteiger partial charge < -0.3 is 5.73 Å². The van der Waals surface area contributed by atoms with Crippen molar-refractivity contribution in [1.82, 2.24) is 4.98 Å². The van der Waals surface area contributed by atoms with Crippen LogP contribution in [0.3, 0.4) is 0 Å². The Morgan fingerprint density at radius 2 is 1.88 bits per heavy atom. The summed E-state index contributed by atoms with van der Waals surface area (Å²) in [6.07, 6.45) is 0. The van der Waals surface area contributed by atoms with Crippen molar-refractivity contribution in [3.63, 3.8) is 0 Å². The van der Waals surface area contributed by atoms with Crippen molar-refractivity contribution in [2.45, 2.75) is 6.92 Å². The van der Waals surface area contributed by atoms with E-state index in [2.05, 4.69) is 20.9 Å². The lowest BCUT2D eigenvalue weighted by Gasteiger charge is -2.09. The van der Waals surface area contributed by atoms with Gasteiger partial charge in [0.15, 0.2) is 0 Å². The second-order valence-corrected chi connectivity index (χ2v) is 4.44. The van der Waals surface area contributed by atoms with Crippen LogP contribution in [0.2, 0.25) is 0 Å². The maximum absolute atomic E-state index is 13.9. The van der Waals surface area contributed by atoms with Gasteiger partial charge in [-0.05, 0) is 47.1 Å². The molecule has 0 atom stereocenters. The van der Waals surface area contributed by atoms with Crippen molar-refractivity contribution in [1.29, 1.82) is 0 Å². The number of hydrogen-bond donors (Lipinski definition) is 1. The molecule has 2 aromatic rings. The summed E-state index contributed by atoms with van der Waals surface area (Å²) in [4.78, 5) is 3.99. The number of nitrogens with zero attached hydrogens (tertiary/aromatic N) is 1.